The fourth-order valence-corrected chi connectivity index (χ4v) is 2.81. The van der Waals surface area contributed by atoms with Crippen molar-refractivity contribution < 1.29 is 14.8 Å². The van der Waals surface area contributed by atoms with Crippen LogP contribution in [0.1, 0.15) is 0 Å². The van der Waals surface area contributed by atoms with Crippen LogP contribution in [-0.2, 0) is 0 Å². The quantitative estimate of drug-likeness (QED) is 0.304. The van der Waals surface area contributed by atoms with Crippen molar-refractivity contribution in [2.24, 2.45) is 0 Å². The average molecular weight is 414 g/mol. The summed E-state index contributed by atoms with van der Waals surface area (Å²) in [5, 5.41) is 47.1. The maximum atomic E-state index is 12.0. The molecule has 150 valence electrons. The van der Waals surface area contributed by atoms with E-state index in [-0.39, 0.29) is 0 Å². The van der Waals surface area contributed by atoms with E-state index in [1.165, 1.54) is 0 Å². The van der Waals surface area contributed by atoms with Gasteiger partial charge in [-0.25, -0.2) is 29.0 Å². The van der Waals surface area contributed by atoms with Crippen molar-refractivity contribution in [1.82, 2.24) is 44.3 Å². The number of nitro groups is 3. The molecule has 0 bridgehead atoms. The molecule has 3 heterocycles. The number of hydrogen-bond acceptors (Lipinski definition) is 12. The second kappa shape index (κ2) is 6.78. The van der Waals surface area contributed by atoms with Gasteiger partial charge in [-0.3, -0.25) is 30.3 Å². The number of nitro benzene ring substituents is 3. The molecule has 0 aliphatic carbocycles. The second-order valence-corrected chi connectivity index (χ2v) is 5.38. The molecule has 30 heavy (non-hydrogen) atoms. The van der Waals surface area contributed by atoms with Crippen molar-refractivity contribution in [1.29, 1.82) is 0 Å². The molecule has 0 unspecified atom stereocenters. The summed E-state index contributed by atoms with van der Waals surface area (Å²) in [6, 6.07) is 0. The first-order chi connectivity index (χ1) is 14.4. The third-order valence-corrected chi connectivity index (χ3v) is 3.84. The lowest BCUT2D eigenvalue weighted by Crippen LogP contribution is -2.16. The monoisotopic (exact) mass is 414 g/mol. The van der Waals surface area contributed by atoms with Gasteiger partial charge in [0.25, 0.3) is 0 Å². The second-order valence-electron chi connectivity index (χ2n) is 5.38. The molecule has 3 aromatic heterocycles. The Balaban J connectivity index is 2.34. The molecular weight excluding hydrogens is 408 g/mol. The van der Waals surface area contributed by atoms with Crippen molar-refractivity contribution >= 4 is 17.1 Å². The third kappa shape index (κ3) is 2.67. The molecule has 0 spiro atoms. The van der Waals surface area contributed by atoms with Gasteiger partial charge >= 0.3 is 17.1 Å². The predicted octanol–water partition coefficient (Wildman–Crippen LogP) is 0.153. The van der Waals surface area contributed by atoms with Crippen LogP contribution in [0, 0.1) is 30.3 Å². The normalized spacial score (nSPS) is 10.8. The van der Waals surface area contributed by atoms with Crippen LogP contribution in [-0.4, -0.2) is 59.1 Å². The number of aromatic nitrogens is 9. The first-order valence-electron chi connectivity index (χ1n) is 7.64. The van der Waals surface area contributed by atoms with Crippen LogP contribution >= 0.6 is 0 Å². The summed E-state index contributed by atoms with van der Waals surface area (Å²) in [5.41, 5.74) is -5.09. The highest BCUT2D eigenvalue weighted by atomic mass is 16.6. The fourth-order valence-electron chi connectivity index (χ4n) is 2.81. The molecule has 0 radical (unpaired) electrons. The Morgan fingerprint density at radius 1 is 0.567 bits per heavy atom. The third-order valence-electron chi connectivity index (χ3n) is 3.84. The Kier molecular flexibility index (Phi) is 4.11. The van der Waals surface area contributed by atoms with Gasteiger partial charge in [0.05, 0.1) is 14.8 Å². The Labute approximate surface area is 162 Å². The molecule has 4 rings (SSSR count). The highest BCUT2D eigenvalue weighted by Crippen LogP contribution is 2.48. The Morgan fingerprint density at radius 3 is 1.00 bits per heavy atom. The van der Waals surface area contributed by atoms with Crippen LogP contribution in [0.2, 0.25) is 0 Å². The van der Waals surface area contributed by atoms with E-state index in [0.717, 1.165) is 52.0 Å². The van der Waals surface area contributed by atoms with E-state index in [1.54, 1.807) is 0 Å². The zero-order valence-electron chi connectivity index (χ0n) is 14.3. The Bertz CT molecular complexity index is 1090. The molecule has 0 atom stereocenters. The van der Waals surface area contributed by atoms with Gasteiger partial charge in [0.15, 0.2) is 0 Å². The minimum Gasteiger partial charge on any atom is -0.258 e. The minimum absolute atomic E-state index is 0.691. The lowest BCUT2D eigenvalue weighted by Gasteiger charge is -2.13. The first kappa shape index (κ1) is 18.2. The van der Waals surface area contributed by atoms with E-state index in [4.69, 9.17) is 0 Å². The Hall–Kier alpha value is -5.16. The van der Waals surface area contributed by atoms with Crippen LogP contribution in [0.3, 0.4) is 0 Å². The molecule has 18 heteroatoms. The van der Waals surface area contributed by atoms with Crippen molar-refractivity contribution in [2.45, 2.75) is 0 Å². The van der Waals surface area contributed by atoms with E-state index in [1.807, 2.05) is 0 Å². The van der Waals surface area contributed by atoms with Gasteiger partial charge in [-0.15, -0.1) is 0 Å². The summed E-state index contributed by atoms with van der Waals surface area (Å²) in [6.45, 7) is 0. The largest absolute Gasteiger partial charge is 0.334 e. The molecule has 0 saturated heterocycles. The fraction of sp³-hybridized carbons (Fsp3) is 0. The van der Waals surface area contributed by atoms with Crippen LogP contribution in [0.15, 0.2) is 38.0 Å². The number of rotatable bonds is 6. The smallest absolute Gasteiger partial charge is 0.258 e. The number of nitrogens with zero attached hydrogens (tertiary/aromatic N) is 12. The molecular formula is C12H6N12O6. The van der Waals surface area contributed by atoms with E-state index in [0.29, 0.717) is 0 Å². The van der Waals surface area contributed by atoms with Crippen molar-refractivity contribution in [3.05, 3.63) is 68.3 Å². The van der Waals surface area contributed by atoms with Crippen molar-refractivity contribution in [3.63, 3.8) is 0 Å². The number of benzene rings is 1. The maximum Gasteiger partial charge on any atom is 0.334 e. The molecule has 18 nitrogen and oxygen atoms in total. The van der Waals surface area contributed by atoms with E-state index in [2.05, 4.69) is 30.2 Å². The summed E-state index contributed by atoms with van der Waals surface area (Å²) in [4.78, 5) is 43.8. The van der Waals surface area contributed by atoms with Gasteiger partial charge in [-0.05, 0) is 0 Å². The lowest BCUT2D eigenvalue weighted by atomic mass is 10.1. The molecule has 0 N–H and O–H groups in total. The molecule has 0 saturated carbocycles. The van der Waals surface area contributed by atoms with Crippen LogP contribution in [0.5, 0.6) is 0 Å². The van der Waals surface area contributed by atoms with Crippen molar-refractivity contribution in [2.75, 3.05) is 0 Å². The predicted molar refractivity (Wildman–Crippen MR) is 91.2 cm³/mol. The number of hydrogen-bond donors (Lipinski definition) is 0. The summed E-state index contributed by atoms with van der Waals surface area (Å²) in [7, 11) is 0. The minimum atomic E-state index is -1.01. The standard InChI is InChI=1S/C12H6N12O6/c25-22(26)10-7(19-4-13-1-16-19)11(23(27)28)9(21-6-15-3-18-21)12(24(29)30)8(10)20-5-14-2-17-20/h1-6H. The molecule has 0 aliphatic rings. The van der Waals surface area contributed by atoms with Gasteiger partial charge in [0, 0.05) is 0 Å². The molecule has 0 aliphatic heterocycles. The van der Waals surface area contributed by atoms with Gasteiger partial charge in [0.2, 0.25) is 17.1 Å². The summed E-state index contributed by atoms with van der Waals surface area (Å²) >= 11 is 0. The van der Waals surface area contributed by atoms with E-state index < -0.39 is 48.9 Å². The van der Waals surface area contributed by atoms with Crippen LogP contribution < -0.4 is 0 Å². The SMILES string of the molecule is O=[N+]([O-])c1c(-n2cncn2)c([N+](=O)[O-])c(-n2cncn2)c([N+](=O)[O-])c1-n1cncn1. The first-order valence-corrected chi connectivity index (χ1v) is 7.64. The van der Waals surface area contributed by atoms with Gasteiger partial charge in [-0.1, -0.05) is 0 Å². The molecule has 4 aromatic rings. The highest BCUT2D eigenvalue weighted by molar-refractivity contribution is 5.88. The van der Waals surface area contributed by atoms with Gasteiger partial charge in [-0.2, -0.15) is 15.3 Å². The Morgan fingerprint density at radius 2 is 0.833 bits per heavy atom. The molecule has 0 fully saturated rings. The average Bonchev–Trinajstić information content (AvgIpc) is 3.48. The van der Waals surface area contributed by atoms with Crippen molar-refractivity contribution in [3.8, 4) is 17.1 Å². The lowest BCUT2D eigenvalue weighted by molar-refractivity contribution is -0.402. The topological polar surface area (TPSA) is 222 Å². The molecule has 1 aromatic carbocycles. The van der Waals surface area contributed by atoms with Gasteiger partial charge in [0.1, 0.15) is 38.0 Å². The van der Waals surface area contributed by atoms with Crippen LogP contribution in [0.25, 0.3) is 17.1 Å². The summed E-state index contributed by atoms with van der Waals surface area (Å²) < 4.78 is 2.25. The summed E-state index contributed by atoms with van der Waals surface area (Å²) in [5.74, 6) is 0. The maximum absolute atomic E-state index is 12.0. The molecule has 0 amide bonds. The zero-order valence-corrected chi connectivity index (χ0v) is 14.3. The van der Waals surface area contributed by atoms with Gasteiger partial charge < -0.3 is 0 Å². The van der Waals surface area contributed by atoms with Crippen LogP contribution in [0.4, 0.5) is 17.1 Å². The summed E-state index contributed by atoms with van der Waals surface area (Å²) in [6.07, 6.45) is 5.86. The van der Waals surface area contributed by atoms with E-state index in [9.17, 15) is 30.3 Å². The van der Waals surface area contributed by atoms with E-state index >= 15 is 0 Å². The zero-order chi connectivity index (χ0) is 21.4. The highest BCUT2D eigenvalue weighted by Gasteiger charge is 2.46.